The predicted molar refractivity (Wildman–Crippen MR) is 116 cm³/mol. The summed E-state index contributed by atoms with van der Waals surface area (Å²) in [5.41, 5.74) is 2.39. The van der Waals surface area contributed by atoms with Crippen LogP contribution in [0.5, 0.6) is 0 Å². The van der Waals surface area contributed by atoms with Crippen LogP contribution in [0.2, 0.25) is 0 Å². The Bertz CT molecular complexity index is 867. The van der Waals surface area contributed by atoms with Gasteiger partial charge in [0, 0.05) is 56.5 Å². The van der Waals surface area contributed by atoms with E-state index in [1.54, 1.807) is 23.7 Å². The Hall–Kier alpha value is -2.19. The van der Waals surface area contributed by atoms with Gasteiger partial charge in [0.15, 0.2) is 10.8 Å². The molecule has 0 spiro atoms. The van der Waals surface area contributed by atoms with Crippen molar-refractivity contribution in [1.29, 1.82) is 0 Å². The molecule has 0 radical (unpaired) electrons. The van der Waals surface area contributed by atoms with E-state index in [0.717, 1.165) is 56.6 Å². The molecule has 4 rings (SSSR count). The monoisotopic (exact) mass is 409 g/mol. The summed E-state index contributed by atoms with van der Waals surface area (Å²) in [6.07, 6.45) is 3.52. The lowest BCUT2D eigenvalue weighted by Crippen LogP contribution is -2.45. The van der Waals surface area contributed by atoms with Crippen molar-refractivity contribution >= 4 is 11.3 Å². The van der Waals surface area contributed by atoms with Gasteiger partial charge < -0.3 is 4.74 Å². The van der Waals surface area contributed by atoms with Gasteiger partial charge in [-0.25, -0.2) is 15.0 Å². The number of aromatic nitrogens is 3. The number of ether oxygens (including phenoxy) is 1. The molecule has 7 heteroatoms. The molecular formula is C22H27N5OS. The molecule has 3 heterocycles. The van der Waals surface area contributed by atoms with Crippen molar-refractivity contribution in [2.24, 2.45) is 0 Å². The lowest BCUT2D eigenvalue weighted by atomic mass is 10.1. The number of hydrogen-bond acceptors (Lipinski definition) is 7. The molecule has 2 aromatic heterocycles. The largest absolute Gasteiger partial charge is 0.379 e. The second-order valence-electron chi connectivity index (χ2n) is 7.37. The molecule has 6 nitrogen and oxygen atoms in total. The maximum atomic E-state index is 5.50. The van der Waals surface area contributed by atoms with Gasteiger partial charge in [-0.05, 0) is 18.6 Å². The van der Waals surface area contributed by atoms with Crippen LogP contribution < -0.4 is 0 Å². The molecular weight excluding hydrogens is 382 g/mol. The normalized spacial score (nSPS) is 16.2. The number of nitrogens with zero attached hydrogens (tertiary/aromatic N) is 5. The molecule has 1 fully saturated rings. The van der Waals surface area contributed by atoms with Crippen molar-refractivity contribution in [3.8, 4) is 10.8 Å². The van der Waals surface area contributed by atoms with Gasteiger partial charge in [-0.1, -0.05) is 30.3 Å². The highest BCUT2D eigenvalue weighted by molar-refractivity contribution is 7.13. The van der Waals surface area contributed by atoms with E-state index in [2.05, 4.69) is 62.4 Å². The van der Waals surface area contributed by atoms with Gasteiger partial charge >= 0.3 is 0 Å². The first-order valence-corrected chi connectivity index (χ1v) is 11.0. The highest BCUT2D eigenvalue weighted by Crippen LogP contribution is 2.22. The van der Waals surface area contributed by atoms with Crippen molar-refractivity contribution in [1.82, 2.24) is 24.8 Å². The average Bonchev–Trinajstić information content (AvgIpc) is 3.24. The molecule has 1 aliphatic rings. The maximum Gasteiger partial charge on any atom is 0.188 e. The molecule has 0 aliphatic carbocycles. The molecule has 0 bridgehead atoms. The summed E-state index contributed by atoms with van der Waals surface area (Å²) in [5, 5.41) is 3.01. The quantitative estimate of drug-likeness (QED) is 0.569. The summed E-state index contributed by atoms with van der Waals surface area (Å²) in [7, 11) is 0. The molecule has 1 aliphatic heterocycles. The van der Waals surface area contributed by atoms with Crippen LogP contribution in [0.15, 0.2) is 54.2 Å². The van der Waals surface area contributed by atoms with Gasteiger partial charge in [-0.3, -0.25) is 9.80 Å². The molecule has 0 saturated carbocycles. The van der Waals surface area contributed by atoms with Gasteiger partial charge in [-0.15, -0.1) is 11.3 Å². The van der Waals surface area contributed by atoms with Gasteiger partial charge in [0.2, 0.25) is 0 Å². The van der Waals surface area contributed by atoms with E-state index in [-0.39, 0.29) is 0 Å². The third kappa shape index (κ3) is 5.67. The minimum absolute atomic E-state index is 0.409. The number of thiazole rings is 1. The number of morpholine rings is 1. The molecule has 152 valence electrons. The van der Waals surface area contributed by atoms with Crippen LogP contribution in [0, 0.1) is 0 Å². The summed E-state index contributed by atoms with van der Waals surface area (Å²) in [6, 6.07) is 12.9. The van der Waals surface area contributed by atoms with Crippen molar-refractivity contribution in [2.75, 3.05) is 32.8 Å². The van der Waals surface area contributed by atoms with Crippen LogP contribution in [0.25, 0.3) is 10.8 Å². The molecule has 3 aromatic rings. The first-order chi connectivity index (χ1) is 14.3. The van der Waals surface area contributed by atoms with Crippen molar-refractivity contribution in [3.63, 3.8) is 0 Å². The van der Waals surface area contributed by atoms with Crippen LogP contribution in [0.3, 0.4) is 0 Å². The second-order valence-corrected chi connectivity index (χ2v) is 8.23. The number of benzene rings is 1. The number of rotatable bonds is 8. The zero-order chi connectivity index (χ0) is 19.9. The summed E-state index contributed by atoms with van der Waals surface area (Å²) >= 11 is 1.61. The van der Waals surface area contributed by atoms with Gasteiger partial charge in [0.05, 0.1) is 18.9 Å². The van der Waals surface area contributed by atoms with Gasteiger partial charge in [0.1, 0.15) is 0 Å². The fraction of sp³-hybridized carbons (Fsp3) is 0.409. The van der Waals surface area contributed by atoms with Crippen LogP contribution in [-0.2, 0) is 17.8 Å². The maximum absolute atomic E-state index is 5.50. The third-order valence-electron chi connectivity index (χ3n) is 5.15. The fourth-order valence-electron chi connectivity index (χ4n) is 3.56. The van der Waals surface area contributed by atoms with Crippen LogP contribution in [0.1, 0.15) is 18.2 Å². The number of hydrogen-bond donors (Lipinski definition) is 0. The average molecular weight is 410 g/mol. The Balaban J connectivity index is 1.48. The molecule has 0 N–H and O–H groups in total. The van der Waals surface area contributed by atoms with Crippen LogP contribution in [0.4, 0.5) is 0 Å². The molecule has 1 unspecified atom stereocenters. The van der Waals surface area contributed by atoms with E-state index in [1.807, 2.05) is 6.07 Å². The zero-order valence-corrected chi connectivity index (χ0v) is 17.6. The summed E-state index contributed by atoms with van der Waals surface area (Å²) in [4.78, 5) is 18.5. The summed E-state index contributed by atoms with van der Waals surface area (Å²) < 4.78 is 5.50. The lowest BCUT2D eigenvalue weighted by Gasteiger charge is -2.34. The standard InChI is InChI=1S/C22H27N5OS/c1-18(14-26-10-12-28-13-11-26)27(15-19-6-3-2-4-7-19)16-20-17-29-22(25-20)21-23-8-5-9-24-21/h2-9,17-18H,10-16H2,1H3. The van der Waals surface area contributed by atoms with E-state index >= 15 is 0 Å². The predicted octanol–water partition coefficient (Wildman–Crippen LogP) is 3.32. The Morgan fingerprint density at radius 3 is 2.59 bits per heavy atom. The van der Waals surface area contributed by atoms with Crippen molar-refractivity contribution < 1.29 is 4.74 Å². The Morgan fingerprint density at radius 1 is 1.07 bits per heavy atom. The highest BCUT2D eigenvalue weighted by atomic mass is 32.1. The summed E-state index contributed by atoms with van der Waals surface area (Å²) in [5.74, 6) is 0.694. The van der Waals surface area contributed by atoms with E-state index in [9.17, 15) is 0 Å². The van der Waals surface area contributed by atoms with Gasteiger partial charge in [-0.2, -0.15) is 0 Å². The van der Waals surface area contributed by atoms with Crippen LogP contribution >= 0.6 is 11.3 Å². The lowest BCUT2D eigenvalue weighted by molar-refractivity contribution is 0.0225. The SMILES string of the molecule is CC(CN1CCOCC1)N(Cc1ccccc1)Cc1csc(-c2ncccn2)n1. The third-order valence-corrected chi connectivity index (χ3v) is 6.04. The minimum Gasteiger partial charge on any atom is -0.379 e. The van der Waals surface area contributed by atoms with E-state index < -0.39 is 0 Å². The first-order valence-electron chi connectivity index (χ1n) is 10.1. The molecule has 0 amide bonds. The Morgan fingerprint density at radius 2 is 1.83 bits per heavy atom. The zero-order valence-electron chi connectivity index (χ0n) is 16.8. The smallest absolute Gasteiger partial charge is 0.188 e. The van der Waals surface area contributed by atoms with Crippen molar-refractivity contribution in [2.45, 2.75) is 26.1 Å². The Kier molecular flexibility index (Phi) is 6.95. The van der Waals surface area contributed by atoms with E-state index in [0.29, 0.717) is 11.9 Å². The second kappa shape index (κ2) is 10.0. The highest BCUT2D eigenvalue weighted by Gasteiger charge is 2.21. The Labute approximate surface area is 176 Å². The van der Waals surface area contributed by atoms with E-state index in [4.69, 9.17) is 9.72 Å². The molecule has 1 atom stereocenters. The summed E-state index contributed by atoms with van der Waals surface area (Å²) in [6.45, 7) is 8.74. The molecule has 29 heavy (non-hydrogen) atoms. The molecule has 1 aromatic carbocycles. The van der Waals surface area contributed by atoms with Crippen LogP contribution in [-0.4, -0.2) is 63.6 Å². The molecule has 1 saturated heterocycles. The minimum atomic E-state index is 0.409. The van der Waals surface area contributed by atoms with Crippen molar-refractivity contribution in [3.05, 3.63) is 65.4 Å². The van der Waals surface area contributed by atoms with E-state index in [1.165, 1.54) is 5.56 Å². The topological polar surface area (TPSA) is 54.4 Å². The first kappa shape index (κ1) is 20.1. The fourth-order valence-corrected chi connectivity index (χ4v) is 4.31. The van der Waals surface area contributed by atoms with Gasteiger partial charge in [0.25, 0.3) is 0 Å².